The second-order valence-electron chi connectivity index (χ2n) is 3.45. The van der Waals surface area contributed by atoms with E-state index >= 15 is 0 Å². The Bertz CT molecular complexity index is 173. The Labute approximate surface area is 78.9 Å². The van der Waals surface area contributed by atoms with Crippen LogP contribution in [0.5, 0.6) is 0 Å². The minimum Gasteiger partial charge on any atom is -0.392 e. The van der Waals surface area contributed by atoms with E-state index in [2.05, 4.69) is 10.2 Å². The van der Waals surface area contributed by atoms with Crippen molar-refractivity contribution in [2.45, 2.75) is 25.9 Å². The van der Waals surface area contributed by atoms with Crippen LogP contribution in [-0.4, -0.2) is 48.2 Å². The van der Waals surface area contributed by atoms with Gasteiger partial charge in [0.1, 0.15) is 0 Å². The lowest BCUT2D eigenvalue weighted by Crippen LogP contribution is -2.30. The van der Waals surface area contributed by atoms with Gasteiger partial charge in [-0.3, -0.25) is 4.79 Å². The number of rotatable bonds is 4. The number of amides is 1. The standard InChI is InChI=1S/C9H18N2O2/c1-2-10-9(13)4-6-11-5-3-8(12)7-11/h8,12H,2-7H2,1H3,(H,10,13)/t8-/m1/s1. The normalized spacial score (nSPS) is 23.4. The van der Waals surface area contributed by atoms with Crippen molar-refractivity contribution < 1.29 is 9.90 Å². The topological polar surface area (TPSA) is 52.6 Å². The smallest absolute Gasteiger partial charge is 0.221 e. The van der Waals surface area contributed by atoms with Gasteiger partial charge in [0, 0.05) is 32.6 Å². The van der Waals surface area contributed by atoms with Crippen LogP contribution in [0.1, 0.15) is 19.8 Å². The molecular formula is C9H18N2O2. The van der Waals surface area contributed by atoms with Gasteiger partial charge in [-0.05, 0) is 13.3 Å². The SMILES string of the molecule is CCNC(=O)CCN1CC[C@@H](O)C1. The molecule has 1 saturated heterocycles. The average molecular weight is 186 g/mol. The minimum absolute atomic E-state index is 0.101. The van der Waals surface area contributed by atoms with Crippen LogP contribution >= 0.6 is 0 Å². The van der Waals surface area contributed by atoms with Crippen LogP contribution in [0.4, 0.5) is 0 Å². The van der Waals surface area contributed by atoms with E-state index in [1.54, 1.807) is 0 Å². The fourth-order valence-electron chi connectivity index (χ4n) is 1.56. The summed E-state index contributed by atoms with van der Waals surface area (Å²) in [6, 6.07) is 0. The molecule has 1 fully saturated rings. The predicted molar refractivity (Wildman–Crippen MR) is 50.4 cm³/mol. The Morgan fingerprint density at radius 2 is 2.46 bits per heavy atom. The van der Waals surface area contributed by atoms with E-state index in [-0.39, 0.29) is 12.0 Å². The summed E-state index contributed by atoms with van der Waals surface area (Å²) >= 11 is 0. The third-order valence-corrected chi connectivity index (χ3v) is 2.28. The highest BCUT2D eigenvalue weighted by molar-refractivity contribution is 5.75. The van der Waals surface area contributed by atoms with E-state index in [4.69, 9.17) is 0 Å². The van der Waals surface area contributed by atoms with Crippen molar-refractivity contribution in [3.63, 3.8) is 0 Å². The van der Waals surface area contributed by atoms with Gasteiger partial charge >= 0.3 is 0 Å². The number of likely N-dealkylation sites (tertiary alicyclic amines) is 1. The first-order valence-electron chi connectivity index (χ1n) is 4.89. The Kier molecular flexibility index (Phi) is 4.18. The molecule has 1 atom stereocenters. The van der Waals surface area contributed by atoms with E-state index in [9.17, 15) is 9.90 Å². The molecule has 1 heterocycles. The number of nitrogens with one attached hydrogen (secondary N) is 1. The van der Waals surface area contributed by atoms with Gasteiger partial charge in [-0.25, -0.2) is 0 Å². The highest BCUT2D eigenvalue weighted by atomic mass is 16.3. The Hall–Kier alpha value is -0.610. The van der Waals surface area contributed by atoms with E-state index in [0.29, 0.717) is 13.0 Å². The predicted octanol–water partition coefficient (Wildman–Crippen LogP) is -0.421. The molecule has 0 aromatic carbocycles. The first-order valence-corrected chi connectivity index (χ1v) is 4.89. The number of hydrogen-bond donors (Lipinski definition) is 2. The van der Waals surface area contributed by atoms with Crippen LogP contribution in [0, 0.1) is 0 Å². The molecule has 1 rings (SSSR count). The van der Waals surface area contributed by atoms with Crippen molar-refractivity contribution in [3.8, 4) is 0 Å². The lowest BCUT2D eigenvalue weighted by molar-refractivity contribution is -0.121. The van der Waals surface area contributed by atoms with Crippen LogP contribution in [-0.2, 0) is 4.79 Å². The molecule has 4 heteroatoms. The number of carbonyl (C=O) groups is 1. The highest BCUT2D eigenvalue weighted by Crippen LogP contribution is 2.08. The van der Waals surface area contributed by atoms with Crippen LogP contribution < -0.4 is 5.32 Å². The van der Waals surface area contributed by atoms with Crippen LogP contribution in [0.15, 0.2) is 0 Å². The molecule has 0 unspecified atom stereocenters. The first-order chi connectivity index (χ1) is 6.22. The number of carbonyl (C=O) groups excluding carboxylic acids is 1. The summed E-state index contributed by atoms with van der Waals surface area (Å²) in [6.07, 6.45) is 1.20. The van der Waals surface area contributed by atoms with Gasteiger partial charge in [0.2, 0.25) is 5.91 Å². The van der Waals surface area contributed by atoms with E-state index in [0.717, 1.165) is 26.1 Å². The summed E-state index contributed by atoms with van der Waals surface area (Å²) in [6.45, 7) is 5.02. The maximum Gasteiger partial charge on any atom is 0.221 e. The van der Waals surface area contributed by atoms with E-state index in [1.165, 1.54) is 0 Å². The molecule has 13 heavy (non-hydrogen) atoms. The van der Waals surface area contributed by atoms with Crippen LogP contribution in [0.2, 0.25) is 0 Å². The lowest BCUT2D eigenvalue weighted by atomic mass is 10.3. The molecule has 0 bridgehead atoms. The largest absolute Gasteiger partial charge is 0.392 e. The maximum absolute atomic E-state index is 11.1. The molecule has 76 valence electrons. The summed E-state index contributed by atoms with van der Waals surface area (Å²) in [7, 11) is 0. The quantitative estimate of drug-likeness (QED) is 0.627. The van der Waals surface area contributed by atoms with Crippen LogP contribution in [0.25, 0.3) is 0 Å². The molecule has 1 aliphatic rings. The van der Waals surface area contributed by atoms with Crippen molar-refractivity contribution in [2.24, 2.45) is 0 Å². The number of nitrogens with zero attached hydrogens (tertiary/aromatic N) is 1. The number of β-amino-alcohol motifs (C(OH)–C–C–N with tert-alkyl or cyclic N) is 1. The van der Waals surface area contributed by atoms with Gasteiger partial charge in [0.05, 0.1) is 6.10 Å². The zero-order valence-electron chi connectivity index (χ0n) is 8.12. The lowest BCUT2D eigenvalue weighted by Gasteiger charge is -2.13. The van der Waals surface area contributed by atoms with Gasteiger partial charge < -0.3 is 15.3 Å². The summed E-state index contributed by atoms with van der Waals surface area (Å²) < 4.78 is 0. The second-order valence-corrected chi connectivity index (χ2v) is 3.45. The van der Waals surface area contributed by atoms with Gasteiger partial charge in [0.15, 0.2) is 0 Å². The van der Waals surface area contributed by atoms with Gasteiger partial charge in [-0.1, -0.05) is 0 Å². The summed E-state index contributed by atoms with van der Waals surface area (Å²) in [5.74, 6) is 0.101. The van der Waals surface area contributed by atoms with Crippen molar-refractivity contribution in [2.75, 3.05) is 26.2 Å². The summed E-state index contributed by atoms with van der Waals surface area (Å²) in [5.41, 5.74) is 0. The van der Waals surface area contributed by atoms with Gasteiger partial charge in [0.25, 0.3) is 0 Å². The Balaban J connectivity index is 2.09. The average Bonchev–Trinajstić information content (AvgIpc) is 2.49. The third-order valence-electron chi connectivity index (χ3n) is 2.28. The fourth-order valence-corrected chi connectivity index (χ4v) is 1.56. The summed E-state index contributed by atoms with van der Waals surface area (Å²) in [5, 5.41) is 12.0. The van der Waals surface area contributed by atoms with Gasteiger partial charge in [-0.2, -0.15) is 0 Å². The molecule has 0 radical (unpaired) electrons. The third kappa shape index (κ3) is 3.74. The van der Waals surface area contributed by atoms with E-state index in [1.807, 2.05) is 6.92 Å². The van der Waals surface area contributed by atoms with Crippen LogP contribution in [0.3, 0.4) is 0 Å². The molecule has 0 aromatic heterocycles. The molecule has 1 amide bonds. The van der Waals surface area contributed by atoms with Gasteiger partial charge in [-0.15, -0.1) is 0 Å². The second kappa shape index (κ2) is 5.19. The molecule has 0 aromatic rings. The molecule has 4 nitrogen and oxygen atoms in total. The Morgan fingerprint density at radius 3 is 3.00 bits per heavy atom. The monoisotopic (exact) mass is 186 g/mol. The number of aliphatic hydroxyl groups is 1. The zero-order chi connectivity index (χ0) is 9.68. The van der Waals surface area contributed by atoms with Crippen molar-refractivity contribution in [1.29, 1.82) is 0 Å². The molecule has 0 saturated carbocycles. The maximum atomic E-state index is 11.1. The molecule has 1 aliphatic heterocycles. The molecule has 0 spiro atoms. The molecule has 0 aliphatic carbocycles. The van der Waals surface area contributed by atoms with E-state index < -0.39 is 0 Å². The van der Waals surface area contributed by atoms with Crippen molar-refractivity contribution >= 4 is 5.91 Å². The first kappa shape index (κ1) is 10.5. The number of hydrogen-bond acceptors (Lipinski definition) is 3. The fraction of sp³-hybridized carbons (Fsp3) is 0.889. The Morgan fingerprint density at radius 1 is 1.69 bits per heavy atom. The zero-order valence-corrected chi connectivity index (χ0v) is 8.12. The highest BCUT2D eigenvalue weighted by Gasteiger charge is 2.19. The molecule has 2 N–H and O–H groups in total. The van der Waals surface area contributed by atoms with Crippen molar-refractivity contribution in [1.82, 2.24) is 10.2 Å². The van der Waals surface area contributed by atoms with Crippen molar-refractivity contribution in [3.05, 3.63) is 0 Å². The number of aliphatic hydroxyl groups excluding tert-OH is 1. The molecular weight excluding hydrogens is 168 g/mol. The summed E-state index contributed by atoms with van der Waals surface area (Å²) in [4.78, 5) is 13.2. The minimum atomic E-state index is -0.186.